The number of ketones is 1. The van der Waals surface area contributed by atoms with Gasteiger partial charge in [-0.15, -0.1) is 24.5 Å². The van der Waals surface area contributed by atoms with Crippen LogP contribution in [0.5, 0.6) is 5.75 Å². The molecule has 1 fully saturated rings. The number of aliphatic hydroxyl groups excluding tert-OH is 1. The van der Waals surface area contributed by atoms with Crippen molar-refractivity contribution in [3.63, 3.8) is 0 Å². The van der Waals surface area contributed by atoms with Gasteiger partial charge in [-0.2, -0.15) is 4.31 Å². The van der Waals surface area contributed by atoms with Crippen molar-refractivity contribution in [3.8, 4) is 5.75 Å². The lowest BCUT2D eigenvalue weighted by Crippen LogP contribution is -2.53. The highest BCUT2D eigenvalue weighted by Gasteiger charge is 2.58. The molecule has 0 aliphatic heterocycles. The number of nitrogens with zero attached hydrogens (tertiary/aromatic N) is 1. The predicted octanol–water partition coefficient (Wildman–Crippen LogP) is 9.09. The second kappa shape index (κ2) is 15.9. The fourth-order valence-electron chi connectivity index (χ4n) is 8.04. The average molecular weight is 804 g/mol. The van der Waals surface area contributed by atoms with Crippen molar-refractivity contribution < 1.29 is 50.1 Å². The second-order valence-electron chi connectivity index (χ2n) is 14.8. The minimum absolute atomic E-state index is 0.0228. The van der Waals surface area contributed by atoms with Gasteiger partial charge in [-0.25, -0.2) is 17.2 Å². The van der Waals surface area contributed by atoms with Gasteiger partial charge in [0.2, 0.25) is 0 Å². The molecule has 4 aromatic rings. The van der Waals surface area contributed by atoms with Gasteiger partial charge in [-0.1, -0.05) is 48.9 Å². The summed E-state index contributed by atoms with van der Waals surface area (Å²) in [5.74, 6) is -3.83. The molecule has 2 bridgehead atoms. The standard InChI is InChI=1S/C41H42F5NO6S2/c1-26-5-3-18-39(2)34(32-15-10-28(21-30(48)12-7-26)22-33(32)38(49)29-11-16-35(42)36(43)23-29)17-19-40(39,50)25-47(55(51,52)37-6-4-20-54-37)24-27-8-13-31(14-9-27)53-41(44,45)46/h4-6,8-11,13-16,20,22-23,30,34,48,50H,3,7,12,17-19,21,24-25H2,1-2H3/t30-,34-,39-,40+/m0/s1. The summed E-state index contributed by atoms with van der Waals surface area (Å²) in [6.07, 6.45) is -0.940. The minimum Gasteiger partial charge on any atom is -0.406 e. The third-order valence-electron chi connectivity index (χ3n) is 11.1. The number of aliphatic hydroxyl groups is 2. The maximum absolute atomic E-state index is 14.4. The van der Waals surface area contributed by atoms with Crippen molar-refractivity contribution in [1.29, 1.82) is 0 Å². The maximum Gasteiger partial charge on any atom is 0.573 e. The maximum atomic E-state index is 14.4. The number of carbonyl (C=O) groups is 1. The number of ether oxygens (including phenoxy) is 1. The summed E-state index contributed by atoms with van der Waals surface area (Å²) in [5.41, 5.74) is 0.00735. The summed E-state index contributed by atoms with van der Waals surface area (Å²) < 4.78 is 101. The number of carbonyl (C=O) groups excluding carboxylic acids is 1. The molecule has 2 N–H and O–H groups in total. The topological polar surface area (TPSA) is 104 Å². The second-order valence-corrected chi connectivity index (χ2v) is 17.9. The zero-order valence-electron chi connectivity index (χ0n) is 30.3. The molecule has 1 heterocycles. The number of halogens is 5. The number of hydrogen-bond acceptors (Lipinski definition) is 7. The van der Waals surface area contributed by atoms with Crippen molar-refractivity contribution >= 4 is 27.1 Å². The highest BCUT2D eigenvalue weighted by molar-refractivity contribution is 7.91. The lowest BCUT2D eigenvalue weighted by atomic mass is 9.64. The molecule has 0 unspecified atom stereocenters. The van der Waals surface area contributed by atoms with Gasteiger partial charge in [0.1, 0.15) is 9.96 Å². The molecular formula is C41H42F5NO6S2. The van der Waals surface area contributed by atoms with Crippen LogP contribution < -0.4 is 4.74 Å². The number of fused-ring (bicyclic) bond motifs is 8. The van der Waals surface area contributed by atoms with E-state index in [0.29, 0.717) is 48.8 Å². The first kappa shape index (κ1) is 40.7. The Morgan fingerprint density at radius 2 is 1.75 bits per heavy atom. The molecule has 0 radical (unpaired) electrons. The van der Waals surface area contributed by atoms with E-state index in [2.05, 4.69) is 4.74 Å². The van der Waals surface area contributed by atoms with E-state index in [4.69, 9.17) is 0 Å². The fourth-order valence-corrected chi connectivity index (χ4v) is 10.7. The Balaban J connectivity index is 1.44. The van der Waals surface area contributed by atoms with Gasteiger partial charge in [0.15, 0.2) is 17.4 Å². The summed E-state index contributed by atoms with van der Waals surface area (Å²) >= 11 is 0.996. The van der Waals surface area contributed by atoms with Crippen LogP contribution in [0.1, 0.15) is 90.9 Å². The van der Waals surface area contributed by atoms with Gasteiger partial charge in [0, 0.05) is 29.6 Å². The van der Waals surface area contributed by atoms with Crippen LogP contribution in [-0.2, 0) is 23.0 Å². The molecule has 0 spiro atoms. The molecule has 3 aliphatic carbocycles. The first-order valence-corrected chi connectivity index (χ1v) is 20.3. The Morgan fingerprint density at radius 3 is 2.42 bits per heavy atom. The summed E-state index contributed by atoms with van der Waals surface area (Å²) in [7, 11) is -4.24. The molecule has 7 rings (SSSR count). The quantitative estimate of drug-likeness (QED) is 0.0995. The Hall–Kier alpha value is -3.95. The summed E-state index contributed by atoms with van der Waals surface area (Å²) in [6.45, 7) is 3.19. The zero-order valence-corrected chi connectivity index (χ0v) is 31.9. The fraction of sp³-hybridized carbons (Fsp3) is 0.390. The van der Waals surface area contributed by atoms with Crippen LogP contribution in [0.15, 0.2) is 94.0 Å². The number of rotatable bonds is 9. The third-order valence-corrected chi connectivity index (χ3v) is 14.3. The van der Waals surface area contributed by atoms with E-state index in [9.17, 15) is 45.4 Å². The number of alkyl halides is 3. The highest BCUT2D eigenvalue weighted by Crippen LogP contribution is 2.59. The van der Waals surface area contributed by atoms with Crippen LogP contribution in [0.3, 0.4) is 0 Å². The first-order chi connectivity index (χ1) is 25.9. The van der Waals surface area contributed by atoms with E-state index < -0.39 is 62.6 Å². The van der Waals surface area contributed by atoms with Crippen LogP contribution >= 0.6 is 11.3 Å². The van der Waals surface area contributed by atoms with Crippen molar-refractivity contribution in [1.82, 2.24) is 4.31 Å². The Kier molecular flexibility index (Phi) is 11.8. The van der Waals surface area contributed by atoms with Crippen LogP contribution in [0.2, 0.25) is 0 Å². The van der Waals surface area contributed by atoms with Crippen molar-refractivity contribution in [2.24, 2.45) is 5.41 Å². The Bertz CT molecular complexity index is 2160. The van der Waals surface area contributed by atoms with Crippen molar-refractivity contribution in [2.45, 2.75) is 93.5 Å². The molecule has 55 heavy (non-hydrogen) atoms. The molecule has 3 aliphatic rings. The van der Waals surface area contributed by atoms with Crippen molar-refractivity contribution in [3.05, 3.63) is 129 Å². The Labute approximate surface area is 321 Å². The zero-order chi connectivity index (χ0) is 39.8. The minimum atomic E-state index is -4.91. The van der Waals surface area contributed by atoms with Gasteiger partial charge in [-0.05, 0) is 122 Å². The van der Waals surface area contributed by atoms with Gasteiger partial charge in [0.25, 0.3) is 10.0 Å². The number of hydrogen-bond donors (Lipinski definition) is 2. The third kappa shape index (κ3) is 8.88. The summed E-state index contributed by atoms with van der Waals surface area (Å²) in [6, 6.07) is 16.1. The highest BCUT2D eigenvalue weighted by atomic mass is 32.2. The lowest BCUT2D eigenvalue weighted by molar-refractivity contribution is -0.274. The van der Waals surface area contributed by atoms with Gasteiger partial charge in [0.05, 0.1) is 11.7 Å². The number of thiophene rings is 1. The smallest absolute Gasteiger partial charge is 0.406 e. The van der Waals surface area contributed by atoms with E-state index in [1.165, 1.54) is 24.3 Å². The number of sulfonamides is 1. The van der Waals surface area contributed by atoms with E-state index in [0.717, 1.165) is 45.5 Å². The van der Waals surface area contributed by atoms with E-state index >= 15 is 0 Å². The number of benzene rings is 3. The largest absolute Gasteiger partial charge is 0.573 e. The van der Waals surface area contributed by atoms with Crippen LogP contribution in [0.25, 0.3) is 0 Å². The predicted molar refractivity (Wildman–Crippen MR) is 198 cm³/mol. The van der Waals surface area contributed by atoms with Crippen LogP contribution in [0, 0.1) is 17.0 Å². The van der Waals surface area contributed by atoms with Crippen LogP contribution in [0.4, 0.5) is 22.0 Å². The monoisotopic (exact) mass is 803 g/mol. The van der Waals surface area contributed by atoms with Crippen LogP contribution in [-0.4, -0.2) is 53.3 Å². The summed E-state index contributed by atoms with van der Waals surface area (Å²) in [5, 5.41) is 25.4. The molecule has 1 saturated carbocycles. The molecule has 7 nitrogen and oxygen atoms in total. The molecule has 4 atom stereocenters. The molecule has 14 heteroatoms. The molecule has 1 aromatic heterocycles. The van der Waals surface area contributed by atoms with Gasteiger partial charge < -0.3 is 14.9 Å². The number of allylic oxidation sites excluding steroid dienone is 2. The average Bonchev–Trinajstić information content (AvgIpc) is 3.76. The molecule has 0 saturated heterocycles. The first-order valence-electron chi connectivity index (χ1n) is 18.0. The molecule has 0 amide bonds. The van der Waals surface area contributed by atoms with Gasteiger partial charge in [-0.3, -0.25) is 4.79 Å². The van der Waals surface area contributed by atoms with E-state index in [-0.39, 0.29) is 41.3 Å². The van der Waals surface area contributed by atoms with Gasteiger partial charge >= 0.3 is 6.36 Å². The summed E-state index contributed by atoms with van der Waals surface area (Å²) in [4.78, 5) is 14.2. The lowest BCUT2D eigenvalue weighted by Gasteiger charge is -2.46. The van der Waals surface area contributed by atoms with E-state index in [1.807, 2.05) is 26.0 Å². The normalized spacial score (nSPS) is 23.6. The van der Waals surface area contributed by atoms with Crippen molar-refractivity contribution in [2.75, 3.05) is 6.54 Å². The Morgan fingerprint density at radius 1 is 1.00 bits per heavy atom. The molecular weight excluding hydrogens is 762 g/mol. The van der Waals surface area contributed by atoms with E-state index in [1.54, 1.807) is 23.6 Å². The SMILES string of the molecule is CC1=CCC[C@@]2(C)[C@@H](CC[C@@]2(O)CN(Cc2ccc(OC(F)(F)F)cc2)S(=O)(=O)c2cccs2)c2ccc(cc2C(=O)c2ccc(F)c(F)c2)C[C@@H](O)CC1. The molecule has 294 valence electrons. The molecule has 3 aromatic carbocycles.